The van der Waals surface area contributed by atoms with E-state index in [1.165, 1.54) is 29.8 Å². The van der Waals surface area contributed by atoms with Crippen LogP contribution in [0.4, 0.5) is 4.39 Å². The lowest BCUT2D eigenvalue weighted by Gasteiger charge is -2.33. The van der Waals surface area contributed by atoms with Crippen molar-refractivity contribution in [2.45, 2.75) is 69.8 Å². The Morgan fingerprint density at radius 1 is 0.947 bits per heavy atom. The van der Waals surface area contributed by atoms with E-state index in [0.29, 0.717) is 17.7 Å². The highest BCUT2D eigenvalue weighted by molar-refractivity contribution is 7.99. The molecular formula is C32H37FN2O2S. The second-order valence-electron chi connectivity index (χ2n) is 10.1. The van der Waals surface area contributed by atoms with Crippen LogP contribution in [0.5, 0.6) is 0 Å². The van der Waals surface area contributed by atoms with Gasteiger partial charge in [-0.05, 0) is 37.0 Å². The lowest BCUT2D eigenvalue weighted by Crippen LogP contribution is -2.53. The number of amides is 2. The van der Waals surface area contributed by atoms with Crippen LogP contribution in [0.15, 0.2) is 78.9 Å². The van der Waals surface area contributed by atoms with Crippen LogP contribution < -0.4 is 5.32 Å². The van der Waals surface area contributed by atoms with Crippen molar-refractivity contribution in [2.75, 3.05) is 5.75 Å². The van der Waals surface area contributed by atoms with E-state index < -0.39 is 6.04 Å². The monoisotopic (exact) mass is 532 g/mol. The van der Waals surface area contributed by atoms with Gasteiger partial charge in [0, 0.05) is 30.3 Å². The Balaban J connectivity index is 1.57. The number of aryl methyl sites for hydroxylation is 1. The first-order valence-electron chi connectivity index (χ1n) is 13.5. The molecule has 6 heteroatoms. The summed E-state index contributed by atoms with van der Waals surface area (Å²) in [6.07, 6.45) is 5.68. The standard InChI is InChI=1S/C32H37FN2O2S/c1-24-11-10-14-26(19-24)22-38-23-31(36)35(21-27-15-8-9-18-29(27)33)30(20-25-12-4-2-5-13-25)32(37)34-28-16-6-3-7-17-28/h2,4-5,8-15,18-19,28,30H,3,6-7,16-17,20-23H2,1H3,(H,34,37)/t30-/m1/s1. The zero-order valence-electron chi connectivity index (χ0n) is 22.1. The van der Waals surface area contributed by atoms with Gasteiger partial charge in [0.1, 0.15) is 11.9 Å². The Bertz CT molecular complexity index is 1200. The first-order valence-corrected chi connectivity index (χ1v) is 14.7. The lowest BCUT2D eigenvalue weighted by molar-refractivity contribution is -0.139. The molecule has 0 radical (unpaired) electrons. The average molecular weight is 533 g/mol. The van der Waals surface area contributed by atoms with Gasteiger partial charge in [-0.15, -0.1) is 11.8 Å². The SMILES string of the molecule is Cc1cccc(CSCC(=O)N(Cc2ccccc2F)[C@H](Cc2ccccc2)C(=O)NC2CCCCC2)c1. The Labute approximate surface area is 230 Å². The van der Waals surface area contributed by atoms with Gasteiger partial charge in [0.15, 0.2) is 0 Å². The van der Waals surface area contributed by atoms with Gasteiger partial charge in [0.05, 0.1) is 5.75 Å². The summed E-state index contributed by atoms with van der Waals surface area (Å²) >= 11 is 1.52. The van der Waals surface area contributed by atoms with E-state index in [4.69, 9.17) is 0 Å². The molecular weight excluding hydrogens is 495 g/mol. The smallest absolute Gasteiger partial charge is 0.243 e. The van der Waals surface area contributed by atoms with E-state index in [1.54, 1.807) is 23.1 Å². The minimum absolute atomic E-state index is 0.0477. The minimum atomic E-state index is -0.731. The van der Waals surface area contributed by atoms with Crippen LogP contribution in [0.1, 0.15) is 54.4 Å². The fraction of sp³-hybridized carbons (Fsp3) is 0.375. The maximum atomic E-state index is 14.7. The Morgan fingerprint density at radius 3 is 2.39 bits per heavy atom. The molecule has 0 heterocycles. The number of nitrogens with one attached hydrogen (secondary N) is 1. The van der Waals surface area contributed by atoms with E-state index in [2.05, 4.69) is 30.4 Å². The van der Waals surface area contributed by atoms with Gasteiger partial charge >= 0.3 is 0 Å². The fourth-order valence-corrected chi connectivity index (χ4v) is 5.91. The lowest BCUT2D eigenvalue weighted by atomic mass is 9.94. The Hall–Kier alpha value is -3.12. The largest absolute Gasteiger partial charge is 0.352 e. The van der Waals surface area contributed by atoms with E-state index in [-0.39, 0.29) is 36.0 Å². The fourth-order valence-electron chi connectivity index (χ4n) is 5.05. The van der Waals surface area contributed by atoms with Crippen LogP contribution >= 0.6 is 11.8 Å². The molecule has 0 aliphatic heterocycles. The molecule has 0 aromatic heterocycles. The van der Waals surface area contributed by atoms with Crippen molar-refractivity contribution in [3.05, 3.63) is 107 Å². The van der Waals surface area contributed by atoms with Gasteiger partial charge in [0.25, 0.3) is 0 Å². The van der Waals surface area contributed by atoms with E-state index >= 15 is 0 Å². The topological polar surface area (TPSA) is 49.4 Å². The third-order valence-corrected chi connectivity index (χ3v) is 8.09. The van der Waals surface area contributed by atoms with Gasteiger partial charge in [-0.25, -0.2) is 4.39 Å². The number of nitrogens with zero attached hydrogens (tertiary/aromatic N) is 1. The number of hydrogen-bond acceptors (Lipinski definition) is 3. The molecule has 3 aromatic rings. The molecule has 4 rings (SSSR count). The number of rotatable bonds is 11. The third-order valence-electron chi connectivity index (χ3n) is 7.10. The molecule has 1 aliphatic carbocycles. The zero-order valence-corrected chi connectivity index (χ0v) is 22.9. The molecule has 1 saturated carbocycles. The first-order chi connectivity index (χ1) is 18.5. The van der Waals surface area contributed by atoms with Crippen molar-refractivity contribution < 1.29 is 14.0 Å². The molecule has 4 nitrogen and oxygen atoms in total. The summed E-state index contributed by atoms with van der Waals surface area (Å²) in [7, 11) is 0. The Kier molecular flexibility index (Phi) is 10.4. The molecule has 1 atom stereocenters. The van der Waals surface area contributed by atoms with Gasteiger partial charge < -0.3 is 10.2 Å². The molecule has 0 bridgehead atoms. The second kappa shape index (κ2) is 14.1. The predicted molar refractivity (Wildman–Crippen MR) is 153 cm³/mol. The molecule has 0 unspecified atom stereocenters. The van der Waals surface area contributed by atoms with Crippen LogP contribution in [0, 0.1) is 12.7 Å². The third kappa shape index (κ3) is 8.19. The van der Waals surface area contributed by atoms with E-state index in [0.717, 1.165) is 36.8 Å². The molecule has 38 heavy (non-hydrogen) atoms. The zero-order chi connectivity index (χ0) is 26.7. The molecule has 3 aromatic carbocycles. The summed E-state index contributed by atoms with van der Waals surface area (Å²) in [5.41, 5.74) is 3.71. The molecule has 200 valence electrons. The van der Waals surface area contributed by atoms with Crippen LogP contribution in [0.3, 0.4) is 0 Å². The Morgan fingerprint density at radius 2 is 1.66 bits per heavy atom. The summed E-state index contributed by atoms with van der Waals surface area (Å²) in [5.74, 6) is 0.215. The minimum Gasteiger partial charge on any atom is -0.352 e. The maximum Gasteiger partial charge on any atom is 0.243 e. The van der Waals surface area contributed by atoms with Crippen molar-refractivity contribution in [2.24, 2.45) is 0 Å². The van der Waals surface area contributed by atoms with Crippen molar-refractivity contribution in [3.8, 4) is 0 Å². The van der Waals surface area contributed by atoms with Gasteiger partial charge in [-0.3, -0.25) is 9.59 Å². The second-order valence-corrected chi connectivity index (χ2v) is 11.1. The molecule has 0 spiro atoms. The van der Waals surface area contributed by atoms with Crippen LogP contribution in [-0.4, -0.2) is 34.6 Å². The summed E-state index contributed by atoms with van der Waals surface area (Å²) in [6, 6.07) is 23.9. The number of hydrogen-bond donors (Lipinski definition) is 1. The van der Waals surface area contributed by atoms with Crippen molar-refractivity contribution >= 4 is 23.6 Å². The van der Waals surface area contributed by atoms with Gasteiger partial charge in [-0.1, -0.05) is 97.6 Å². The molecule has 1 fully saturated rings. The number of halogens is 1. The summed E-state index contributed by atoms with van der Waals surface area (Å²) < 4.78 is 14.7. The molecule has 2 amide bonds. The van der Waals surface area contributed by atoms with Crippen molar-refractivity contribution in [1.82, 2.24) is 10.2 Å². The van der Waals surface area contributed by atoms with Crippen molar-refractivity contribution in [1.29, 1.82) is 0 Å². The van der Waals surface area contributed by atoms with Gasteiger partial charge in [0.2, 0.25) is 11.8 Å². The van der Waals surface area contributed by atoms with Crippen molar-refractivity contribution in [3.63, 3.8) is 0 Å². The van der Waals surface area contributed by atoms with Crippen LogP contribution in [0.2, 0.25) is 0 Å². The molecule has 0 saturated heterocycles. The quantitative estimate of drug-likeness (QED) is 0.309. The highest BCUT2D eigenvalue weighted by Gasteiger charge is 2.32. The first kappa shape index (κ1) is 27.9. The van der Waals surface area contributed by atoms with Crippen LogP contribution in [0.25, 0.3) is 0 Å². The predicted octanol–water partition coefficient (Wildman–Crippen LogP) is 6.46. The molecule has 1 aliphatic rings. The number of carbonyl (C=O) groups excluding carboxylic acids is 2. The summed E-state index contributed by atoms with van der Waals surface area (Å²) in [4.78, 5) is 29.1. The van der Waals surface area contributed by atoms with E-state index in [9.17, 15) is 14.0 Å². The highest BCUT2D eigenvalue weighted by atomic mass is 32.2. The van der Waals surface area contributed by atoms with Crippen LogP contribution in [-0.2, 0) is 28.3 Å². The number of benzene rings is 3. The number of carbonyl (C=O) groups is 2. The van der Waals surface area contributed by atoms with Gasteiger partial charge in [-0.2, -0.15) is 0 Å². The summed E-state index contributed by atoms with van der Waals surface area (Å²) in [5, 5.41) is 3.23. The number of thioether (sulfide) groups is 1. The molecule has 1 N–H and O–H groups in total. The normalized spacial score (nSPS) is 14.6. The highest BCUT2D eigenvalue weighted by Crippen LogP contribution is 2.22. The maximum absolute atomic E-state index is 14.7. The average Bonchev–Trinajstić information content (AvgIpc) is 2.92. The van der Waals surface area contributed by atoms with E-state index in [1.807, 2.05) is 36.4 Å². The summed E-state index contributed by atoms with van der Waals surface area (Å²) in [6.45, 7) is 2.10.